The number of aromatic amines is 1. The number of amides is 3. The molecule has 0 saturated carbocycles. The number of thiol groups is 1. The van der Waals surface area contributed by atoms with E-state index >= 15 is 0 Å². The van der Waals surface area contributed by atoms with Crippen LogP contribution in [0.3, 0.4) is 0 Å². The number of carbonyl (C=O) groups is 4. The third-order valence-corrected chi connectivity index (χ3v) is 7.15. The number of H-pyrrole nitrogens is 1. The molecule has 0 fully saturated rings. The molecule has 0 bridgehead atoms. The van der Waals surface area contributed by atoms with Gasteiger partial charge in [0.1, 0.15) is 18.1 Å². The van der Waals surface area contributed by atoms with Gasteiger partial charge in [-0.2, -0.15) is 12.6 Å². The number of rotatable bonds is 16. The minimum atomic E-state index is -1.28. The maximum Gasteiger partial charge on any atom is 0.327 e. The summed E-state index contributed by atoms with van der Waals surface area (Å²) in [6, 6.07) is 12.2. The average molecular weight is 611 g/mol. The predicted octanol–water partition coefficient (Wildman–Crippen LogP) is 0.0125. The Labute approximate surface area is 254 Å². The molecule has 2 aromatic carbocycles. The number of hydrogen-bond acceptors (Lipinski definition) is 7. The van der Waals surface area contributed by atoms with Gasteiger partial charge in [-0.1, -0.05) is 48.5 Å². The minimum absolute atomic E-state index is 0.0422. The van der Waals surface area contributed by atoms with Crippen LogP contribution in [0.4, 0.5) is 0 Å². The highest BCUT2D eigenvalue weighted by Crippen LogP contribution is 2.19. The Balaban J connectivity index is 1.81. The lowest BCUT2D eigenvalue weighted by atomic mass is 10.0. The second-order valence-electron chi connectivity index (χ2n) is 10.0. The lowest BCUT2D eigenvalue weighted by molar-refractivity contribution is -0.141. The van der Waals surface area contributed by atoms with E-state index in [1.54, 1.807) is 6.20 Å². The second kappa shape index (κ2) is 16.2. The number of aliphatic carboxylic acids is 1. The fraction of sp³-hybridized carbons (Fsp3) is 0.345. The zero-order valence-electron chi connectivity index (χ0n) is 23.5. The molecular weight excluding hydrogens is 572 g/mol. The van der Waals surface area contributed by atoms with Crippen molar-refractivity contribution in [2.24, 2.45) is 11.5 Å². The Bertz CT molecular complexity index is 1420. The molecule has 11 N–H and O–H groups in total. The van der Waals surface area contributed by atoms with Crippen LogP contribution in [0.25, 0.3) is 10.9 Å². The van der Waals surface area contributed by atoms with Crippen molar-refractivity contribution in [1.82, 2.24) is 26.3 Å². The van der Waals surface area contributed by atoms with Crippen LogP contribution in [0, 0.1) is 5.41 Å². The summed E-state index contributed by atoms with van der Waals surface area (Å²) in [7, 11) is 0. The molecule has 230 valence electrons. The molecule has 0 radical (unpaired) electrons. The monoisotopic (exact) mass is 610 g/mol. The Hall–Kier alpha value is -4.56. The first kappa shape index (κ1) is 32.9. The lowest BCUT2D eigenvalue weighted by Crippen LogP contribution is -2.58. The van der Waals surface area contributed by atoms with Crippen LogP contribution < -0.4 is 32.7 Å². The number of nitrogens with two attached hydrogens (primary N) is 2. The van der Waals surface area contributed by atoms with Crippen molar-refractivity contribution in [3.63, 3.8) is 0 Å². The molecule has 43 heavy (non-hydrogen) atoms. The summed E-state index contributed by atoms with van der Waals surface area (Å²) in [4.78, 5) is 54.7. The maximum absolute atomic E-state index is 13.6. The van der Waals surface area contributed by atoms with Crippen molar-refractivity contribution in [3.05, 3.63) is 71.9 Å². The van der Waals surface area contributed by atoms with Crippen molar-refractivity contribution in [3.8, 4) is 0 Å². The number of carboxylic acid groups (broad SMARTS) is 1. The zero-order valence-corrected chi connectivity index (χ0v) is 24.4. The highest BCUT2D eigenvalue weighted by Gasteiger charge is 2.30. The van der Waals surface area contributed by atoms with E-state index in [0.717, 1.165) is 22.0 Å². The largest absolute Gasteiger partial charge is 0.480 e. The van der Waals surface area contributed by atoms with Gasteiger partial charge >= 0.3 is 5.97 Å². The van der Waals surface area contributed by atoms with E-state index in [1.165, 1.54) is 0 Å². The number of carbonyl (C=O) groups excluding carboxylic acids is 3. The predicted molar refractivity (Wildman–Crippen MR) is 167 cm³/mol. The highest BCUT2D eigenvalue weighted by molar-refractivity contribution is 7.80. The van der Waals surface area contributed by atoms with Crippen LogP contribution in [-0.2, 0) is 32.0 Å². The molecule has 0 spiro atoms. The first-order valence-electron chi connectivity index (χ1n) is 13.8. The van der Waals surface area contributed by atoms with Crippen LogP contribution in [0.5, 0.6) is 0 Å². The molecule has 4 atom stereocenters. The Morgan fingerprint density at radius 1 is 0.884 bits per heavy atom. The van der Waals surface area contributed by atoms with Crippen molar-refractivity contribution in [1.29, 1.82) is 5.41 Å². The van der Waals surface area contributed by atoms with Gasteiger partial charge in [0.05, 0.1) is 6.04 Å². The molecule has 3 rings (SSSR count). The highest BCUT2D eigenvalue weighted by atomic mass is 32.1. The zero-order chi connectivity index (χ0) is 31.4. The van der Waals surface area contributed by atoms with E-state index in [9.17, 15) is 24.3 Å². The van der Waals surface area contributed by atoms with E-state index in [0.29, 0.717) is 6.42 Å². The number of benzene rings is 2. The number of carboxylic acids is 1. The van der Waals surface area contributed by atoms with Gasteiger partial charge in [0.25, 0.3) is 0 Å². The van der Waals surface area contributed by atoms with Crippen molar-refractivity contribution >= 4 is 53.2 Å². The summed E-state index contributed by atoms with van der Waals surface area (Å²) in [6.07, 6.45) is 2.51. The summed E-state index contributed by atoms with van der Waals surface area (Å²) in [5.41, 5.74) is 13.9. The molecule has 0 unspecified atom stereocenters. The first-order chi connectivity index (χ1) is 20.6. The fourth-order valence-corrected chi connectivity index (χ4v) is 4.74. The van der Waals surface area contributed by atoms with Crippen LogP contribution in [-0.4, -0.2) is 76.2 Å². The summed E-state index contributed by atoms with van der Waals surface area (Å²) in [5.74, 6) is -3.58. The van der Waals surface area contributed by atoms with E-state index < -0.39 is 47.9 Å². The standard InChI is InChI=1S/C29H38N8O5S/c30-20(13-17-7-2-1-3-8-17)25(38)35-22(11-6-12-33-29(31)32)26(39)36-23(27(40)37-24(16-43)28(41)42)14-18-15-34-21-10-5-4-9-19(18)21/h1-5,7-10,15,20,22-24,34,43H,6,11-14,16,30H2,(H,35,38)(H,36,39)(H,37,40)(H,41,42)(H4,31,32,33)/t20-,22-,23-,24-/m0/s1. The second-order valence-corrected chi connectivity index (χ2v) is 10.4. The minimum Gasteiger partial charge on any atom is -0.480 e. The molecule has 1 aromatic heterocycles. The SMILES string of the molecule is N=C(N)NCCC[C@H](NC(=O)[C@@H](N)Cc1ccccc1)C(=O)N[C@@H](Cc1c[nH]c2ccccc12)C(=O)N[C@@H](CS)C(=O)O. The van der Waals surface area contributed by atoms with Crippen molar-refractivity contribution in [2.45, 2.75) is 49.9 Å². The molecular formula is C29H38N8O5S. The molecule has 0 aliphatic rings. The van der Waals surface area contributed by atoms with Crippen molar-refractivity contribution < 1.29 is 24.3 Å². The van der Waals surface area contributed by atoms with Gasteiger partial charge in [0, 0.05) is 35.8 Å². The summed E-state index contributed by atoms with van der Waals surface area (Å²) >= 11 is 4.02. The van der Waals surface area contributed by atoms with Gasteiger partial charge < -0.3 is 42.8 Å². The maximum atomic E-state index is 13.6. The average Bonchev–Trinajstić information content (AvgIpc) is 3.39. The summed E-state index contributed by atoms with van der Waals surface area (Å²) in [5, 5.41) is 28.1. The van der Waals surface area contributed by atoms with Gasteiger partial charge in [-0.05, 0) is 36.5 Å². The quantitative estimate of drug-likeness (QED) is 0.0459. The van der Waals surface area contributed by atoms with Crippen LogP contribution >= 0.6 is 12.6 Å². The number of hydrogen-bond donors (Lipinski definition) is 10. The normalized spacial score (nSPS) is 13.7. The van der Waals surface area contributed by atoms with Gasteiger partial charge in [0.15, 0.2) is 5.96 Å². The van der Waals surface area contributed by atoms with Gasteiger partial charge in [-0.25, -0.2) is 4.79 Å². The van der Waals surface area contributed by atoms with E-state index in [-0.39, 0.29) is 37.5 Å². The van der Waals surface area contributed by atoms with Gasteiger partial charge in [0.2, 0.25) is 17.7 Å². The number of nitrogens with one attached hydrogen (secondary N) is 6. The molecule has 0 saturated heterocycles. The third kappa shape index (κ3) is 10.0. The number of guanidine groups is 1. The summed E-state index contributed by atoms with van der Waals surface area (Å²) in [6.45, 7) is 0.270. The molecule has 13 nitrogen and oxygen atoms in total. The lowest BCUT2D eigenvalue weighted by Gasteiger charge is -2.25. The molecule has 0 aliphatic heterocycles. The smallest absolute Gasteiger partial charge is 0.327 e. The molecule has 0 aliphatic carbocycles. The number of aromatic nitrogens is 1. The molecule has 14 heteroatoms. The van der Waals surface area contributed by atoms with Crippen LogP contribution in [0.1, 0.15) is 24.0 Å². The fourth-order valence-electron chi connectivity index (χ4n) is 4.50. The number of para-hydroxylation sites is 1. The van der Waals surface area contributed by atoms with Gasteiger partial charge in [-0.15, -0.1) is 0 Å². The third-order valence-electron chi connectivity index (χ3n) is 6.78. The summed E-state index contributed by atoms with van der Waals surface area (Å²) < 4.78 is 0. The number of fused-ring (bicyclic) bond motifs is 1. The van der Waals surface area contributed by atoms with Crippen LogP contribution in [0.15, 0.2) is 60.8 Å². The van der Waals surface area contributed by atoms with E-state index in [4.69, 9.17) is 16.9 Å². The van der Waals surface area contributed by atoms with Crippen LogP contribution in [0.2, 0.25) is 0 Å². The Kier molecular flexibility index (Phi) is 12.4. The van der Waals surface area contributed by atoms with Crippen molar-refractivity contribution in [2.75, 3.05) is 12.3 Å². The topological polar surface area (TPSA) is 228 Å². The molecule has 3 amide bonds. The molecule has 1 heterocycles. The first-order valence-corrected chi connectivity index (χ1v) is 14.4. The Morgan fingerprint density at radius 3 is 2.19 bits per heavy atom. The van der Waals surface area contributed by atoms with Gasteiger partial charge in [-0.3, -0.25) is 19.8 Å². The van der Waals surface area contributed by atoms with E-state index in [2.05, 4.69) is 38.9 Å². The molecule has 3 aromatic rings. The Morgan fingerprint density at radius 2 is 1.51 bits per heavy atom. The van der Waals surface area contributed by atoms with E-state index in [1.807, 2.05) is 54.6 Å².